The van der Waals surface area contributed by atoms with E-state index in [0.29, 0.717) is 29.7 Å². The van der Waals surface area contributed by atoms with Crippen molar-refractivity contribution in [1.82, 2.24) is 5.32 Å². The van der Waals surface area contributed by atoms with Gasteiger partial charge in [0.2, 0.25) is 0 Å². The van der Waals surface area contributed by atoms with E-state index in [1.807, 2.05) is 6.07 Å². The van der Waals surface area contributed by atoms with Crippen molar-refractivity contribution >= 4 is 17.7 Å². The number of anilines is 1. The molecule has 6 heteroatoms. The molecule has 0 aromatic heterocycles. The number of carbonyl (C=O) groups excluding carboxylic acids is 1. The summed E-state index contributed by atoms with van der Waals surface area (Å²) in [6, 6.07) is 9.40. The van der Waals surface area contributed by atoms with Crippen LogP contribution < -0.4 is 10.6 Å². The van der Waals surface area contributed by atoms with Gasteiger partial charge in [0.05, 0.1) is 6.04 Å². The summed E-state index contributed by atoms with van der Waals surface area (Å²) in [4.78, 5) is 23.4. The Balaban J connectivity index is 1.85. The van der Waals surface area contributed by atoms with Gasteiger partial charge in [-0.1, -0.05) is 12.1 Å². The molecule has 124 valence electrons. The molecule has 3 N–H and O–H groups in total. The van der Waals surface area contributed by atoms with Crippen LogP contribution >= 0.6 is 0 Å². The van der Waals surface area contributed by atoms with Gasteiger partial charge < -0.3 is 15.7 Å². The fourth-order valence-corrected chi connectivity index (χ4v) is 3.09. The average Bonchev–Trinajstić information content (AvgIpc) is 2.93. The standard InChI is InChI=1S/C18H17FN2O3/c1-10-9-11(5-7-15(10)19)20-17(22)14-4-2-3-13-12(14)6-8-16(13)21-18(23)24/h2-5,7,9,16,21H,6,8H2,1H3,(H,20,22)(H,23,24). The summed E-state index contributed by atoms with van der Waals surface area (Å²) in [7, 11) is 0. The molecule has 1 aliphatic rings. The van der Waals surface area contributed by atoms with E-state index in [0.717, 1.165) is 11.1 Å². The van der Waals surface area contributed by atoms with Crippen LogP contribution in [-0.4, -0.2) is 17.1 Å². The Labute approximate surface area is 138 Å². The normalized spacial score (nSPS) is 15.7. The van der Waals surface area contributed by atoms with Crippen LogP contribution in [0.25, 0.3) is 0 Å². The number of halogens is 1. The summed E-state index contributed by atoms with van der Waals surface area (Å²) in [6.45, 7) is 1.63. The van der Waals surface area contributed by atoms with Gasteiger partial charge in [0.25, 0.3) is 5.91 Å². The topological polar surface area (TPSA) is 78.4 Å². The van der Waals surface area contributed by atoms with Crippen molar-refractivity contribution < 1.29 is 19.1 Å². The van der Waals surface area contributed by atoms with E-state index in [1.165, 1.54) is 12.1 Å². The zero-order valence-corrected chi connectivity index (χ0v) is 13.1. The first-order chi connectivity index (χ1) is 11.5. The Morgan fingerprint density at radius 1 is 1.25 bits per heavy atom. The Hall–Kier alpha value is -2.89. The maximum Gasteiger partial charge on any atom is 0.405 e. The van der Waals surface area contributed by atoms with Gasteiger partial charge in [-0.05, 0) is 60.7 Å². The largest absolute Gasteiger partial charge is 0.465 e. The molecular formula is C18H17FN2O3. The van der Waals surface area contributed by atoms with Crippen molar-refractivity contribution in [3.8, 4) is 0 Å². The van der Waals surface area contributed by atoms with Gasteiger partial charge in [-0.2, -0.15) is 0 Å². The lowest BCUT2D eigenvalue weighted by Gasteiger charge is -2.13. The molecular weight excluding hydrogens is 311 g/mol. The molecule has 1 unspecified atom stereocenters. The predicted octanol–water partition coefficient (Wildman–Crippen LogP) is 3.64. The molecule has 24 heavy (non-hydrogen) atoms. The third-order valence-corrected chi connectivity index (χ3v) is 4.23. The van der Waals surface area contributed by atoms with E-state index in [1.54, 1.807) is 25.1 Å². The monoisotopic (exact) mass is 328 g/mol. The molecule has 1 atom stereocenters. The van der Waals surface area contributed by atoms with Gasteiger partial charge >= 0.3 is 6.09 Å². The van der Waals surface area contributed by atoms with Crippen LogP contribution in [0.15, 0.2) is 36.4 Å². The van der Waals surface area contributed by atoms with E-state index < -0.39 is 6.09 Å². The molecule has 0 fully saturated rings. The number of nitrogens with one attached hydrogen (secondary N) is 2. The van der Waals surface area contributed by atoms with E-state index in [4.69, 9.17) is 5.11 Å². The molecule has 2 aromatic rings. The molecule has 0 heterocycles. The Kier molecular flexibility index (Phi) is 4.20. The molecule has 5 nitrogen and oxygen atoms in total. The molecule has 0 bridgehead atoms. The second-order valence-corrected chi connectivity index (χ2v) is 5.83. The Morgan fingerprint density at radius 3 is 2.75 bits per heavy atom. The third-order valence-electron chi connectivity index (χ3n) is 4.23. The third kappa shape index (κ3) is 3.08. The molecule has 0 aliphatic heterocycles. The van der Waals surface area contributed by atoms with E-state index in [9.17, 15) is 14.0 Å². The minimum Gasteiger partial charge on any atom is -0.465 e. The lowest BCUT2D eigenvalue weighted by molar-refractivity contribution is 0.102. The zero-order chi connectivity index (χ0) is 17.3. The van der Waals surface area contributed by atoms with Crippen LogP contribution in [0, 0.1) is 12.7 Å². The molecule has 0 spiro atoms. The first-order valence-corrected chi connectivity index (χ1v) is 7.64. The Morgan fingerprint density at radius 2 is 2.04 bits per heavy atom. The highest BCUT2D eigenvalue weighted by molar-refractivity contribution is 6.05. The van der Waals surface area contributed by atoms with Crippen LogP contribution in [0.2, 0.25) is 0 Å². The second-order valence-electron chi connectivity index (χ2n) is 5.83. The molecule has 1 aliphatic carbocycles. The molecule has 2 amide bonds. The minimum absolute atomic E-state index is 0.283. The van der Waals surface area contributed by atoms with Crippen molar-refractivity contribution in [2.75, 3.05) is 5.32 Å². The SMILES string of the molecule is Cc1cc(NC(=O)c2cccc3c2CCC3NC(=O)O)ccc1F. The van der Waals surface area contributed by atoms with Crippen molar-refractivity contribution in [3.63, 3.8) is 0 Å². The lowest BCUT2D eigenvalue weighted by Crippen LogP contribution is -2.25. The molecule has 2 aromatic carbocycles. The number of carboxylic acid groups (broad SMARTS) is 1. The second kappa shape index (κ2) is 6.31. The number of amides is 2. The van der Waals surface area contributed by atoms with Crippen molar-refractivity contribution in [2.45, 2.75) is 25.8 Å². The highest BCUT2D eigenvalue weighted by Gasteiger charge is 2.27. The summed E-state index contributed by atoms with van der Waals surface area (Å²) < 4.78 is 13.3. The summed E-state index contributed by atoms with van der Waals surface area (Å²) in [5, 5.41) is 14.1. The summed E-state index contributed by atoms with van der Waals surface area (Å²) in [6.07, 6.45) is 0.179. The zero-order valence-electron chi connectivity index (χ0n) is 13.1. The van der Waals surface area contributed by atoms with Gasteiger partial charge in [0, 0.05) is 11.3 Å². The van der Waals surface area contributed by atoms with E-state index in [2.05, 4.69) is 10.6 Å². The Bertz CT molecular complexity index is 820. The van der Waals surface area contributed by atoms with Crippen molar-refractivity contribution in [1.29, 1.82) is 0 Å². The van der Waals surface area contributed by atoms with Crippen molar-refractivity contribution in [3.05, 3.63) is 64.5 Å². The maximum atomic E-state index is 13.3. The number of aryl methyl sites for hydroxylation is 1. The average molecular weight is 328 g/mol. The number of hydrogen-bond acceptors (Lipinski definition) is 2. The van der Waals surface area contributed by atoms with Gasteiger partial charge in [0.1, 0.15) is 5.82 Å². The molecule has 3 rings (SSSR count). The molecule has 0 saturated heterocycles. The van der Waals surface area contributed by atoms with Crippen LogP contribution in [0.3, 0.4) is 0 Å². The molecule has 0 saturated carbocycles. The minimum atomic E-state index is -1.08. The first-order valence-electron chi connectivity index (χ1n) is 7.64. The van der Waals surface area contributed by atoms with Gasteiger partial charge in [-0.25, -0.2) is 9.18 Å². The fraction of sp³-hybridized carbons (Fsp3) is 0.222. The molecule has 0 radical (unpaired) electrons. The van der Waals surface area contributed by atoms with Gasteiger partial charge in [-0.3, -0.25) is 4.79 Å². The number of fused-ring (bicyclic) bond motifs is 1. The fourth-order valence-electron chi connectivity index (χ4n) is 3.09. The van der Waals surface area contributed by atoms with E-state index in [-0.39, 0.29) is 17.8 Å². The van der Waals surface area contributed by atoms with Crippen LogP contribution in [0.4, 0.5) is 14.9 Å². The van der Waals surface area contributed by atoms with Crippen LogP contribution in [-0.2, 0) is 6.42 Å². The van der Waals surface area contributed by atoms with Crippen LogP contribution in [0.5, 0.6) is 0 Å². The number of benzene rings is 2. The first kappa shape index (κ1) is 16.0. The maximum absolute atomic E-state index is 13.3. The highest BCUT2D eigenvalue weighted by Crippen LogP contribution is 2.33. The highest BCUT2D eigenvalue weighted by atomic mass is 19.1. The van der Waals surface area contributed by atoms with Crippen molar-refractivity contribution in [2.24, 2.45) is 0 Å². The summed E-state index contributed by atoms with van der Waals surface area (Å²) in [5.74, 6) is -0.606. The number of carbonyl (C=O) groups is 2. The predicted molar refractivity (Wildman–Crippen MR) is 87.8 cm³/mol. The van der Waals surface area contributed by atoms with Crippen LogP contribution in [0.1, 0.15) is 39.5 Å². The number of hydrogen-bond donors (Lipinski definition) is 3. The summed E-state index contributed by atoms with van der Waals surface area (Å²) in [5.41, 5.74) is 3.18. The van der Waals surface area contributed by atoms with E-state index >= 15 is 0 Å². The van der Waals surface area contributed by atoms with Gasteiger partial charge in [-0.15, -0.1) is 0 Å². The summed E-state index contributed by atoms with van der Waals surface area (Å²) >= 11 is 0. The smallest absolute Gasteiger partial charge is 0.405 e. The lowest BCUT2D eigenvalue weighted by atomic mass is 10.0. The quantitative estimate of drug-likeness (QED) is 0.805. The number of rotatable bonds is 3. The van der Waals surface area contributed by atoms with Gasteiger partial charge in [0.15, 0.2) is 0 Å².